The topological polar surface area (TPSA) is 118 Å². The Bertz CT molecular complexity index is 663. The van der Waals surface area contributed by atoms with E-state index in [1.165, 1.54) is 0 Å². The molecule has 1 aromatic heterocycles. The lowest BCUT2D eigenvalue weighted by Crippen LogP contribution is -2.29. The molecule has 1 fully saturated rings. The predicted octanol–water partition coefficient (Wildman–Crippen LogP) is 0.998. The molecule has 0 bridgehead atoms. The molecule has 116 valence electrons. The molecule has 0 aliphatic heterocycles. The molecule has 1 amide bonds. The maximum Gasteiger partial charge on any atom is 0.304 e. The van der Waals surface area contributed by atoms with Gasteiger partial charge in [-0.2, -0.15) is 0 Å². The lowest BCUT2D eigenvalue weighted by Gasteiger charge is -2.05. The van der Waals surface area contributed by atoms with E-state index < -0.39 is 14.8 Å². The van der Waals surface area contributed by atoms with Gasteiger partial charge in [0.2, 0.25) is 5.91 Å². The Morgan fingerprint density at radius 1 is 1.48 bits per heavy atom. The summed E-state index contributed by atoms with van der Waals surface area (Å²) in [6.45, 7) is 0.627. The molecule has 2 N–H and O–H groups in total. The average Bonchev–Trinajstić information content (AvgIpc) is 3.12. The van der Waals surface area contributed by atoms with E-state index in [4.69, 9.17) is 0 Å². The van der Waals surface area contributed by atoms with Gasteiger partial charge < -0.3 is 10.6 Å². The number of hydrogen-bond acceptors (Lipinski definition) is 7. The van der Waals surface area contributed by atoms with E-state index in [1.54, 1.807) is 0 Å². The van der Waals surface area contributed by atoms with Crippen LogP contribution in [0.4, 0.5) is 10.7 Å². The summed E-state index contributed by atoms with van der Waals surface area (Å²) in [5.41, 5.74) is -0.269. The van der Waals surface area contributed by atoms with Crippen LogP contribution in [-0.4, -0.2) is 38.6 Å². The third-order valence-corrected chi connectivity index (χ3v) is 5.79. The number of hydrogen-bond donors (Lipinski definition) is 2. The molecule has 0 radical (unpaired) electrons. The highest BCUT2D eigenvalue weighted by molar-refractivity contribution is 7.92. The Hall–Kier alpha value is -1.68. The van der Waals surface area contributed by atoms with Crippen molar-refractivity contribution in [1.29, 1.82) is 0 Å². The number of rotatable bonds is 7. The van der Waals surface area contributed by atoms with Crippen LogP contribution in [0.1, 0.15) is 12.8 Å². The molecule has 0 saturated heterocycles. The zero-order valence-corrected chi connectivity index (χ0v) is 12.9. The fourth-order valence-corrected chi connectivity index (χ4v) is 3.62. The lowest BCUT2D eigenvalue weighted by molar-refractivity contribution is -0.383. The zero-order chi connectivity index (χ0) is 15.6. The highest BCUT2D eigenvalue weighted by atomic mass is 32.2. The molecule has 0 atom stereocenters. The van der Waals surface area contributed by atoms with Gasteiger partial charge in [-0.15, -0.1) is 0 Å². The number of thiophene rings is 1. The molecule has 2 rings (SSSR count). The minimum atomic E-state index is -3.48. The van der Waals surface area contributed by atoms with Gasteiger partial charge in [0, 0.05) is 31.3 Å². The van der Waals surface area contributed by atoms with Crippen molar-refractivity contribution in [3.63, 3.8) is 0 Å². The van der Waals surface area contributed by atoms with Gasteiger partial charge in [0.1, 0.15) is 4.21 Å². The smallest absolute Gasteiger partial charge is 0.304 e. The summed E-state index contributed by atoms with van der Waals surface area (Å²) >= 11 is 0.819. The van der Waals surface area contributed by atoms with Gasteiger partial charge >= 0.3 is 5.69 Å². The Balaban J connectivity index is 1.96. The summed E-state index contributed by atoms with van der Waals surface area (Å²) in [5.74, 6) is 0.104. The van der Waals surface area contributed by atoms with Crippen molar-refractivity contribution in [2.45, 2.75) is 17.1 Å². The van der Waals surface area contributed by atoms with Gasteiger partial charge in [-0.05, 0) is 12.8 Å². The van der Waals surface area contributed by atoms with Crippen LogP contribution in [0, 0.1) is 16.0 Å². The van der Waals surface area contributed by atoms with Gasteiger partial charge in [0.15, 0.2) is 14.8 Å². The summed E-state index contributed by atoms with van der Waals surface area (Å²) in [7, 11) is -3.48. The van der Waals surface area contributed by atoms with E-state index in [2.05, 4.69) is 10.6 Å². The number of anilines is 1. The monoisotopic (exact) mass is 333 g/mol. The first-order chi connectivity index (χ1) is 9.79. The van der Waals surface area contributed by atoms with E-state index in [0.29, 0.717) is 13.1 Å². The number of amides is 1. The number of nitrogens with one attached hydrogen (secondary N) is 2. The van der Waals surface area contributed by atoms with Crippen molar-refractivity contribution in [3.05, 3.63) is 16.2 Å². The van der Waals surface area contributed by atoms with Gasteiger partial charge in [-0.1, -0.05) is 11.3 Å². The minimum absolute atomic E-state index is 0.00527. The van der Waals surface area contributed by atoms with E-state index in [0.717, 1.165) is 36.5 Å². The second-order valence-corrected chi connectivity index (χ2v) is 8.10. The van der Waals surface area contributed by atoms with Crippen molar-refractivity contribution < 1.29 is 18.1 Å². The normalized spacial score (nSPS) is 14.7. The summed E-state index contributed by atoms with van der Waals surface area (Å²) in [6.07, 6.45) is 2.82. The van der Waals surface area contributed by atoms with Crippen LogP contribution >= 0.6 is 11.3 Å². The number of nitrogens with zero attached hydrogens (tertiary/aromatic N) is 1. The quantitative estimate of drug-likeness (QED) is 0.436. The van der Waals surface area contributed by atoms with Crippen molar-refractivity contribution >= 4 is 37.8 Å². The highest BCUT2D eigenvalue weighted by Gasteiger charge is 2.29. The van der Waals surface area contributed by atoms with E-state index in [-0.39, 0.29) is 26.7 Å². The van der Waals surface area contributed by atoms with E-state index in [9.17, 15) is 23.3 Å². The van der Waals surface area contributed by atoms with Crippen LogP contribution < -0.4 is 10.6 Å². The minimum Gasteiger partial charge on any atom is -0.369 e. The SMILES string of the molecule is CS(=O)(=O)c1cc([N+](=O)[O-])c(NCCNC(=O)C2CC2)s1. The van der Waals surface area contributed by atoms with Gasteiger partial charge in [-0.3, -0.25) is 14.9 Å². The Morgan fingerprint density at radius 2 is 2.14 bits per heavy atom. The van der Waals surface area contributed by atoms with Crippen LogP contribution in [0.3, 0.4) is 0 Å². The van der Waals surface area contributed by atoms with Crippen LogP contribution in [0.2, 0.25) is 0 Å². The first-order valence-corrected chi connectivity index (χ1v) is 8.99. The summed E-state index contributed by atoms with van der Waals surface area (Å²) in [5, 5.41) is 16.6. The Kier molecular flexibility index (Phi) is 4.47. The molecule has 21 heavy (non-hydrogen) atoms. The molecule has 1 aliphatic rings. The molecule has 1 saturated carbocycles. The standard InChI is InChI=1S/C11H15N3O5S2/c1-21(18,19)9-6-8(14(16)17)11(20-9)13-5-4-12-10(15)7-2-3-7/h6-7,13H,2-5H2,1H3,(H,12,15). The van der Waals surface area contributed by atoms with Gasteiger partial charge in [-0.25, -0.2) is 8.42 Å². The van der Waals surface area contributed by atoms with Crippen LogP contribution in [0.15, 0.2) is 10.3 Å². The molecule has 1 aromatic rings. The fraction of sp³-hybridized carbons (Fsp3) is 0.545. The van der Waals surface area contributed by atoms with Crippen molar-refractivity contribution in [2.24, 2.45) is 5.92 Å². The molecule has 1 aliphatic carbocycles. The Labute approximate surface area is 125 Å². The van der Waals surface area contributed by atoms with Crippen molar-refractivity contribution in [1.82, 2.24) is 5.32 Å². The molecule has 0 aromatic carbocycles. The molecule has 10 heteroatoms. The van der Waals surface area contributed by atoms with Crippen LogP contribution in [0.5, 0.6) is 0 Å². The van der Waals surface area contributed by atoms with Crippen molar-refractivity contribution in [3.8, 4) is 0 Å². The van der Waals surface area contributed by atoms with E-state index in [1.807, 2.05) is 0 Å². The molecule has 1 heterocycles. The number of carbonyl (C=O) groups excluding carboxylic acids is 1. The summed E-state index contributed by atoms with van der Waals surface area (Å²) in [4.78, 5) is 21.7. The third-order valence-electron chi connectivity index (χ3n) is 2.91. The maximum atomic E-state index is 11.4. The molecule has 0 spiro atoms. The van der Waals surface area contributed by atoms with Crippen LogP contribution in [-0.2, 0) is 14.6 Å². The second kappa shape index (κ2) is 5.98. The second-order valence-electron chi connectivity index (χ2n) is 4.80. The average molecular weight is 333 g/mol. The molecular formula is C11H15N3O5S2. The first kappa shape index (κ1) is 15.7. The number of sulfone groups is 1. The van der Waals surface area contributed by atoms with Gasteiger partial charge in [0.25, 0.3) is 0 Å². The van der Waals surface area contributed by atoms with E-state index >= 15 is 0 Å². The fourth-order valence-electron chi connectivity index (χ4n) is 1.66. The summed E-state index contributed by atoms with van der Waals surface area (Å²) < 4.78 is 22.8. The zero-order valence-electron chi connectivity index (χ0n) is 11.3. The van der Waals surface area contributed by atoms with Gasteiger partial charge in [0.05, 0.1) is 4.92 Å². The largest absolute Gasteiger partial charge is 0.369 e. The third kappa shape index (κ3) is 4.14. The molecular weight excluding hydrogens is 318 g/mol. The maximum absolute atomic E-state index is 11.4. The number of carbonyl (C=O) groups is 1. The highest BCUT2D eigenvalue weighted by Crippen LogP contribution is 2.36. The number of nitro groups is 1. The van der Waals surface area contributed by atoms with Crippen molar-refractivity contribution in [2.75, 3.05) is 24.7 Å². The van der Waals surface area contributed by atoms with Crippen LogP contribution in [0.25, 0.3) is 0 Å². The Morgan fingerprint density at radius 3 is 2.67 bits per heavy atom. The molecule has 8 nitrogen and oxygen atoms in total. The summed E-state index contributed by atoms with van der Waals surface area (Å²) in [6, 6.07) is 1.05. The lowest BCUT2D eigenvalue weighted by atomic mass is 10.4. The first-order valence-electron chi connectivity index (χ1n) is 6.29. The predicted molar refractivity (Wildman–Crippen MR) is 78.3 cm³/mol. The molecule has 0 unspecified atom stereocenters.